The first kappa shape index (κ1) is 16.1. The van der Waals surface area contributed by atoms with Gasteiger partial charge in [-0.2, -0.15) is 10.1 Å². The molecule has 1 aliphatic rings. The lowest BCUT2D eigenvalue weighted by Gasteiger charge is -2.23. The van der Waals surface area contributed by atoms with Gasteiger partial charge in [-0.25, -0.2) is 9.99 Å². The molecule has 0 bridgehead atoms. The number of hydrogen-bond acceptors (Lipinski definition) is 7. The van der Waals surface area contributed by atoms with Gasteiger partial charge in [0.2, 0.25) is 11.1 Å². The fourth-order valence-corrected chi connectivity index (χ4v) is 3.85. The lowest BCUT2D eigenvalue weighted by Crippen LogP contribution is -2.35. The summed E-state index contributed by atoms with van der Waals surface area (Å²) < 4.78 is 1.87. The topological polar surface area (TPSA) is 71.6 Å². The number of imidazole rings is 1. The molecule has 0 N–H and O–H groups in total. The van der Waals surface area contributed by atoms with Gasteiger partial charge in [0, 0.05) is 12.4 Å². The molecule has 1 aliphatic heterocycles. The Morgan fingerprint density at radius 2 is 2.22 bits per heavy atom. The molecule has 2 aromatic heterocycles. The summed E-state index contributed by atoms with van der Waals surface area (Å²) in [7, 11) is 0. The van der Waals surface area contributed by atoms with Crippen LogP contribution >= 0.6 is 23.1 Å². The van der Waals surface area contributed by atoms with E-state index in [1.807, 2.05) is 29.6 Å². The van der Waals surface area contributed by atoms with E-state index in [2.05, 4.69) is 32.2 Å². The van der Waals surface area contributed by atoms with Crippen LogP contribution in [0.1, 0.15) is 38.1 Å². The van der Waals surface area contributed by atoms with Crippen LogP contribution < -0.4 is 0 Å². The lowest BCUT2D eigenvalue weighted by atomic mass is 10.2. The van der Waals surface area contributed by atoms with Crippen LogP contribution in [-0.2, 0) is 0 Å². The van der Waals surface area contributed by atoms with Crippen LogP contribution in [0.3, 0.4) is 0 Å². The summed E-state index contributed by atoms with van der Waals surface area (Å²) in [5.74, 6) is 0.712. The van der Waals surface area contributed by atoms with Gasteiger partial charge in [-0.05, 0) is 20.3 Å². The van der Waals surface area contributed by atoms with Crippen molar-refractivity contribution in [2.24, 2.45) is 10.1 Å². The molecule has 2 aromatic rings. The van der Waals surface area contributed by atoms with Crippen molar-refractivity contribution < 1.29 is 0 Å². The maximum atomic E-state index is 4.69. The number of hydrazone groups is 1. The van der Waals surface area contributed by atoms with Crippen LogP contribution in [0.5, 0.6) is 0 Å². The minimum Gasteiger partial charge on any atom is -0.275 e. The van der Waals surface area contributed by atoms with Crippen molar-refractivity contribution in [3.05, 3.63) is 23.7 Å². The fourth-order valence-electron chi connectivity index (χ4n) is 2.24. The van der Waals surface area contributed by atoms with Gasteiger partial charge in [-0.1, -0.05) is 42.9 Å². The van der Waals surface area contributed by atoms with Gasteiger partial charge in [0.1, 0.15) is 16.7 Å². The van der Waals surface area contributed by atoms with E-state index < -0.39 is 0 Å². The van der Waals surface area contributed by atoms with Gasteiger partial charge < -0.3 is 0 Å². The van der Waals surface area contributed by atoms with Crippen molar-refractivity contribution in [3.8, 4) is 0 Å². The van der Waals surface area contributed by atoms with Crippen molar-refractivity contribution in [2.45, 2.75) is 45.4 Å². The summed E-state index contributed by atoms with van der Waals surface area (Å²) >= 11 is 3.25. The highest BCUT2D eigenvalue weighted by atomic mass is 32.2. The Balaban J connectivity index is 1.96. The van der Waals surface area contributed by atoms with Crippen molar-refractivity contribution in [1.82, 2.24) is 24.8 Å². The monoisotopic (exact) mass is 349 g/mol. The second-order valence-electron chi connectivity index (χ2n) is 5.16. The molecule has 0 aromatic carbocycles. The van der Waals surface area contributed by atoms with E-state index in [9.17, 15) is 0 Å². The van der Waals surface area contributed by atoms with Crippen LogP contribution in [0.25, 0.3) is 0 Å². The number of rotatable bonds is 4. The van der Waals surface area contributed by atoms with Crippen LogP contribution in [0.2, 0.25) is 0 Å². The standard InChI is InChI=1S/C14H19N7S2/c1-4-5-6-12-21(19-11(3)22-12)14(20-8-7-15-9-20)16-13-18-17-10(2)23-13/h7-9,12H,4-6H2,1-3H3. The molecule has 122 valence electrons. The lowest BCUT2D eigenvalue weighted by molar-refractivity contribution is 0.391. The van der Waals surface area contributed by atoms with E-state index in [0.717, 1.165) is 29.3 Å². The van der Waals surface area contributed by atoms with E-state index >= 15 is 0 Å². The third-order valence-electron chi connectivity index (χ3n) is 3.28. The SMILES string of the molecule is CCCCC1SC(C)=NN1C(=Nc1nnc(C)s1)n1ccnc1. The summed E-state index contributed by atoms with van der Waals surface area (Å²) in [5.41, 5.74) is 0. The second-order valence-corrected chi connectivity index (χ2v) is 7.69. The molecule has 1 unspecified atom stereocenters. The Bertz CT molecular complexity index is 705. The number of unbranched alkanes of at least 4 members (excludes halogenated alkanes) is 1. The summed E-state index contributed by atoms with van der Waals surface area (Å²) in [6.45, 7) is 6.16. The van der Waals surface area contributed by atoms with Gasteiger partial charge in [-0.3, -0.25) is 4.57 Å². The molecule has 0 saturated heterocycles. The van der Waals surface area contributed by atoms with E-state index in [0.29, 0.717) is 11.1 Å². The van der Waals surface area contributed by atoms with Crippen LogP contribution in [0.15, 0.2) is 28.8 Å². The van der Waals surface area contributed by atoms with Crippen LogP contribution in [-0.4, -0.2) is 41.1 Å². The van der Waals surface area contributed by atoms with Gasteiger partial charge in [0.15, 0.2) is 0 Å². The highest BCUT2D eigenvalue weighted by Gasteiger charge is 2.30. The molecule has 9 heteroatoms. The second kappa shape index (κ2) is 7.22. The molecule has 0 radical (unpaired) electrons. The number of thioether (sulfide) groups is 1. The third-order valence-corrected chi connectivity index (χ3v) is 5.15. The molecule has 0 aliphatic carbocycles. The summed E-state index contributed by atoms with van der Waals surface area (Å²) in [6.07, 6.45) is 8.73. The zero-order chi connectivity index (χ0) is 16.2. The molecule has 7 nitrogen and oxygen atoms in total. The summed E-state index contributed by atoms with van der Waals surface area (Å²) in [5, 5.41) is 17.6. The van der Waals surface area contributed by atoms with E-state index in [-0.39, 0.29) is 5.37 Å². The minimum absolute atomic E-state index is 0.255. The van der Waals surface area contributed by atoms with Gasteiger partial charge in [0.25, 0.3) is 0 Å². The Morgan fingerprint density at radius 1 is 1.35 bits per heavy atom. The zero-order valence-corrected chi connectivity index (χ0v) is 15.0. The van der Waals surface area contributed by atoms with E-state index in [1.54, 1.807) is 24.3 Å². The van der Waals surface area contributed by atoms with Crippen molar-refractivity contribution in [2.75, 3.05) is 0 Å². The average molecular weight is 349 g/mol. The number of aliphatic imine (C=N–C) groups is 1. The number of nitrogens with zero attached hydrogens (tertiary/aromatic N) is 7. The minimum atomic E-state index is 0.255. The van der Waals surface area contributed by atoms with Gasteiger partial charge in [0.05, 0.1) is 5.04 Å². The Labute approximate surface area is 143 Å². The molecule has 1 atom stereocenters. The highest BCUT2D eigenvalue weighted by Crippen LogP contribution is 2.31. The maximum absolute atomic E-state index is 4.69. The molecule has 0 saturated carbocycles. The van der Waals surface area contributed by atoms with Crippen molar-refractivity contribution in [1.29, 1.82) is 0 Å². The average Bonchev–Trinajstić information content (AvgIpc) is 3.24. The van der Waals surface area contributed by atoms with Crippen molar-refractivity contribution in [3.63, 3.8) is 0 Å². The largest absolute Gasteiger partial charge is 0.275 e. The van der Waals surface area contributed by atoms with Gasteiger partial charge >= 0.3 is 0 Å². The quantitative estimate of drug-likeness (QED) is 0.624. The first-order chi connectivity index (χ1) is 11.2. The normalized spacial score (nSPS) is 18.6. The Kier molecular flexibility index (Phi) is 5.06. The highest BCUT2D eigenvalue weighted by molar-refractivity contribution is 8.14. The maximum Gasteiger partial charge on any atom is 0.235 e. The third kappa shape index (κ3) is 3.78. The molecular formula is C14H19N7S2. The van der Waals surface area contributed by atoms with Crippen molar-refractivity contribution >= 4 is 39.2 Å². The number of aromatic nitrogens is 4. The molecule has 0 fully saturated rings. The molecule has 3 rings (SSSR count). The summed E-state index contributed by atoms with van der Waals surface area (Å²) in [6, 6.07) is 0. The smallest absolute Gasteiger partial charge is 0.235 e. The summed E-state index contributed by atoms with van der Waals surface area (Å²) in [4.78, 5) is 8.82. The van der Waals surface area contributed by atoms with Crippen LogP contribution in [0.4, 0.5) is 5.13 Å². The molecule has 3 heterocycles. The Hall–Kier alpha value is -1.74. The molecule has 23 heavy (non-hydrogen) atoms. The van der Waals surface area contributed by atoms with Crippen LogP contribution in [0, 0.1) is 6.92 Å². The van der Waals surface area contributed by atoms with Gasteiger partial charge in [-0.15, -0.1) is 10.2 Å². The van der Waals surface area contributed by atoms with E-state index in [4.69, 9.17) is 0 Å². The molecule has 0 amide bonds. The number of aryl methyl sites for hydroxylation is 1. The number of hydrogen-bond donors (Lipinski definition) is 0. The molecular weight excluding hydrogens is 330 g/mol. The predicted octanol–water partition coefficient (Wildman–Crippen LogP) is 3.48. The molecule has 0 spiro atoms. The predicted molar refractivity (Wildman–Crippen MR) is 95.2 cm³/mol. The zero-order valence-electron chi connectivity index (χ0n) is 13.4. The fraction of sp³-hybridized carbons (Fsp3) is 0.500. The van der Waals surface area contributed by atoms with E-state index in [1.165, 1.54) is 11.3 Å². The first-order valence-electron chi connectivity index (χ1n) is 7.55. The first-order valence-corrected chi connectivity index (χ1v) is 9.25. The Morgan fingerprint density at radius 3 is 2.87 bits per heavy atom.